The Kier molecular flexibility index (Phi) is 4.37. The fraction of sp³-hybridized carbons (Fsp3) is 0.571. The average molecular weight is 278 g/mol. The molecule has 0 aliphatic heterocycles. The molecule has 0 unspecified atom stereocenters. The number of aromatic nitrogens is 3. The van der Waals surface area contributed by atoms with Crippen molar-refractivity contribution < 1.29 is 0 Å². The van der Waals surface area contributed by atoms with Crippen molar-refractivity contribution in [1.29, 1.82) is 0 Å². The van der Waals surface area contributed by atoms with Gasteiger partial charge >= 0.3 is 0 Å². The maximum Gasteiger partial charge on any atom is 0.115 e. The first kappa shape index (κ1) is 14.2. The maximum atomic E-state index is 4.64. The third kappa shape index (κ3) is 3.04. The van der Waals surface area contributed by atoms with Crippen LogP contribution in [0.4, 0.5) is 0 Å². The number of hydrogen-bond donors (Lipinski definition) is 1. The molecule has 19 heavy (non-hydrogen) atoms. The Bertz CT molecular complexity index is 549. The monoisotopic (exact) mass is 278 g/mol. The second-order valence-corrected chi connectivity index (χ2v) is 6.12. The van der Waals surface area contributed by atoms with E-state index in [1.165, 1.54) is 16.1 Å². The molecular weight excluding hydrogens is 256 g/mol. The summed E-state index contributed by atoms with van der Waals surface area (Å²) in [5, 5.41) is 9.15. The van der Waals surface area contributed by atoms with Gasteiger partial charge in [-0.1, -0.05) is 6.92 Å². The third-order valence-corrected chi connectivity index (χ3v) is 4.50. The summed E-state index contributed by atoms with van der Waals surface area (Å²) in [6, 6.07) is 0. The van der Waals surface area contributed by atoms with E-state index in [-0.39, 0.29) is 0 Å². The quantitative estimate of drug-likeness (QED) is 0.914. The Morgan fingerprint density at radius 1 is 1.16 bits per heavy atom. The minimum absolute atomic E-state index is 0.776. The molecule has 0 saturated carbocycles. The first-order valence-corrected chi connectivity index (χ1v) is 7.51. The highest BCUT2D eigenvalue weighted by atomic mass is 32.1. The minimum Gasteiger partial charge on any atom is -0.313 e. The van der Waals surface area contributed by atoms with Crippen LogP contribution in [0.15, 0.2) is 0 Å². The third-order valence-electron chi connectivity index (χ3n) is 3.44. The lowest BCUT2D eigenvalue weighted by Crippen LogP contribution is -2.13. The maximum absolute atomic E-state index is 4.64. The van der Waals surface area contributed by atoms with Crippen LogP contribution in [0.5, 0.6) is 0 Å². The van der Waals surface area contributed by atoms with Crippen LogP contribution in [-0.4, -0.2) is 21.3 Å². The molecule has 0 amide bonds. The SMILES string of the molecule is CCNCc1c(C)nn(Cc2nc(C)c(C)s2)c1C. The predicted molar refractivity (Wildman–Crippen MR) is 79.8 cm³/mol. The molecule has 1 N–H and O–H groups in total. The standard InChI is InChI=1S/C14H22N4S/c1-6-15-7-13-10(3)17-18(11(13)4)8-14-16-9(2)12(5)19-14/h15H,6-8H2,1-5H3. The fourth-order valence-corrected chi connectivity index (χ4v) is 3.04. The van der Waals surface area contributed by atoms with Crippen molar-refractivity contribution in [3.8, 4) is 0 Å². The molecule has 0 aliphatic carbocycles. The Labute approximate surface area is 118 Å². The Morgan fingerprint density at radius 3 is 2.47 bits per heavy atom. The molecular formula is C14H22N4S. The van der Waals surface area contributed by atoms with E-state index in [1.807, 2.05) is 0 Å². The van der Waals surface area contributed by atoms with Crippen molar-refractivity contribution in [1.82, 2.24) is 20.1 Å². The van der Waals surface area contributed by atoms with Crippen molar-refractivity contribution >= 4 is 11.3 Å². The van der Waals surface area contributed by atoms with E-state index in [0.29, 0.717) is 0 Å². The van der Waals surface area contributed by atoms with Crippen LogP contribution in [0, 0.1) is 27.7 Å². The topological polar surface area (TPSA) is 42.7 Å². The Balaban J connectivity index is 2.21. The lowest BCUT2D eigenvalue weighted by Gasteiger charge is -2.04. The Morgan fingerprint density at radius 2 is 1.89 bits per heavy atom. The number of nitrogens with one attached hydrogen (secondary N) is 1. The molecule has 2 rings (SSSR count). The highest BCUT2D eigenvalue weighted by Gasteiger charge is 2.13. The Hall–Kier alpha value is -1.20. The van der Waals surface area contributed by atoms with Gasteiger partial charge in [-0.2, -0.15) is 5.10 Å². The molecule has 0 fully saturated rings. The molecule has 0 saturated heterocycles. The molecule has 2 heterocycles. The summed E-state index contributed by atoms with van der Waals surface area (Å²) in [7, 11) is 0. The van der Waals surface area contributed by atoms with Crippen LogP contribution >= 0.6 is 11.3 Å². The van der Waals surface area contributed by atoms with Crippen LogP contribution in [-0.2, 0) is 13.1 Å². The van der Waals surface area contributed by atoms with Crippen molar-refractivity contribution in [3.05, 3.63) is 32.5 Å². The zero-order valence-corrected chi connectivity index (χ0v) is 13.2. The molecule has 0 bridgehead atoms. The lowest BCUT2D eigenvalue weighted by atomic mass is 10.2. The van der Waals surface area contributed by atoms with Crippen molar-refractivity contribution in [2.75, 3.05) is 6.54 Å². The minimum atomic E-state index is 0.776. The van der Waals surface area contributed by atoms with Crippen LogP contribution < -0.4 is 5.32 Å². The van der Waals surface area contributed by atoms with E-state index >= 15 is 0 Å². The molecule has 0 aromatic carbocycles. The summed E-state index contributed by atoms with van der Waals surface area (Å²) in [5.41, 5.74) is 4.80. The largest absolute Gasteiger partial charge is 0.313 e. The smallest absolute Gasteiger partial charge is 0.115 e. The molecule has 4 nitrogen and oxygen atoms in total. The van der Waals surface area contributed by atoms with Crippen molar-refractivity contribution in [3.63, 3.8) is 0 Å². The first-order chi connectivity index (χ1) is 9.02. The van der Waals surface area contributed by atoms with E-state index in [0.717, 1.165) is 36.0 Å². The summed E-state index contributed by atoms with van der Waals surface area (Å²) in [5.74, 6) is 0. The van der Waals surface area contributed by atoms with Gasteiger partial charge in [0.25, 0.3) is 0 Å². The zero-order valence-electron chi connectivity index (χ0n) is 12.4. The van der Waals surface area contributed by atoms with Gasteiger partial charge in [-0.15, -0.1) is 11.3 Å². The van der Waals surface area contributed by atoms with Gasteiger partial charge in [0.15, 0.2) is 0 Å². The van der Waals surface area contributed by atoms with Crippen molar-refractivity contribution in [2.24, 2.45) is 0 Å². The average Bonchev–Trinajstić information content (AvgIpc) is 2.80. The summed E-state index contributed by atoms with van der Waals surface area (Å²) < 4.78 is 2.07. The predicted octanol–water partition coefficient (Wildman–Crippen LogP) is 2.73. The van der Waals surface area contributed by atoms with Gasteiger partial charge in [0.2, 0.25) is 0 Å². The normalized spacial score (nSPS) is 11.2. The number of nitrogens with zero attached hydrogens (tertiary/aromatic N) is 3. The second-order valence-electron chi connectivity index (χ2n) is 4.84. The highest BCUT2D eigenvalue weighted by Crippen LogP contribution is 2.19. The van der Waals surface area contributed by atoms with E-state index in [1.54, 1.807) is 11.3 Å². The lowest BCUT2D eigenvalue weighted by molar-refractivity contribution is 0.652. The van der Waals surface area contributed by atoms with Crippen LogP contribution in [0.2, 0.25) is 0 Å². The summed E-state index contributed by atoms with van der Waals surface area (Å²) in [6.45, 7) is 13.2. The molecule has 2 aromatic rings. The summed E-state index contributed by atoms with van der Waals surface area (Å²) >= 11 is 1.76. The molecule has 0 aliphatic rings. The van der Waals surface area contributed by atoms with Crippen LogP contribution in [0.25, 0.3) is 0 Å². The van der Waals surface area contributed by atoms with Gasteiger partial charge in [0.1, 0.15) is 5.01 Å². The number of aryl methyl sites for hydroxylation is 3. The van der Waals surface area contributed by atoms with Gasteiger partial charge < -0.3 is 5.32 Å². The van der Waals surface area contributed by atoms with Gasteiger partial charge in [-0.05, 0) is 34.2 Å². The molecule has 0 radical (unpaired) electrons. The summed E-state index contributed by atoms with van der Waals surface area (Å²) in [4.78, 5) is 5.89. The number of rotatable bonds is 5. The number of hydrogen-bond acceptors (Lipinski definition) is 4. The molecule has 104 valence electrons. The van der Waals surface area contributed by atoms with Crippen LogP contribution in [0.3, 0.4) is 0 Å². The number of thiazole rings is 1. The van der Waals surface area contributed by atoms with Crippen LogP contribution in [0.1, 0.15) is 39.5 Å². The summed E-state index contributed by atoms with van der Waals surface area (Å²) in [6.07, 6.45) is 0. The second kappa shape index (κ2) is 5.84. The van der Waals surface area contributed by atoms with Gasteiger partial charge in [-0.25, -0.2) is 4.98 Å². The van der Waals surface area contributed by atoms with E-state index in [9.17, 15) is 0 Å². The van der Waals surface area contributed by atoms with E-state index < -0.39 is 0 Å². The molecule has 0 spiro atoms. The molecule has 0 atom stereocenters. The van der Waals surface area contributed by atoms with Gasteiger partial charge in [-0.3, -0.25) is 4.68 Å². The highest BCUT2D eigenvalue weighted by molar-refractivity contribution is 7.11. The molecule has 2 aromatic heterocycles. The fourth-order valence-electron chi connectivity index (χ4n) is 2.13. The first-order valence-electron chi connectivity index (χ1n) is 6.69. The van der Waals surface area contributed by atoms with Crippen molar-refractivity contribution in [2.45, 2.75) is 47.7 Å². The van der Waals surface area contributed by atoms with Gasteiger partial charge in [0.05, 0.1) is 17.9 Å². The van der Waals surface area contributed by atoms with E-state index in [2.05, 4.69) is 54.7 Å². The van der Waals surface area contributed by atoms with Gasteiger partial charge in [0, 0.05) is 22.7 Å². The molecule has 5 heteroatoms. The van der Waals surface area contributed by atoms with E-state index in [4.69, 9.17) is 0 Å². The zero-order chi connectivity index (χ0) is 14.0.